The van der Waals surface area contributed by atoms with Crippen LogP contribution in [0, 0.1) is 5.92 Å². The number of hydrogen-bond donors (Lipinski definition) is 1. The van der Waals surface area contributed by atoms with Crippen LogP contribution in [-0.2, 0) is 17.8 Å². The predicted octanol–water partition coefficient (Wildman–Crippen LogP) is 3.49. The van der Waals surface area contributed by atoms with Gasteiger partial charge in [-0.1, -0.05) is 18.2 Å². The molecule has 2 amide bonds. The molecule has 8 heteroatoms. The van der Waals surface area contributed by atoms with Crippen LogP contribution in [0.1, 0.15) is 54.7 Å². The maximum atomic E-state index is 13.3. The van der Waals surface area contributed by atoms with Crippen LogP contribution in [0.5, 0.6) is 0 Å². The van der Waals surface area contributed by atoms with Gasteiger partial charge >= 0.3 is 0 Å². The predicted molar refractivity (Wildman–Crippen MR) is 132 cm³/mol. The molecule has 8 nitrogen and oxygen atoms in total. The van der Waals surface area contributed by atoms with Crippen LogP contribution in [0.4, 0.5) is 0 Å². The number of aromatic nitrogens is 4. The largest absolute Gasteiger partial charge is 0.353 e. The molecule has 5 rings (SSSR count). The van der Waals surface area contributed by atoms with Crippen molar-refractivity contribution in [3.8, 4) is 11.4 Å². The van der Waals surface area contributed by atoms with E-state index in [9.17, 15) is 9.59 Å². The number of benzene rings is 1. The first-order valence-electron chi connectivity index (χ1n) is 12.7. The summed E-state index contributed by atoms with van der Waals surface area (Å²) in [6.07, 6.45) is 9.69. The summed E-state index contributed by atoms with van der Waals surface area (Å²) in [6.45, 7) is 1.82. The van der Waals surface area contributed by atoms with Gasteiger partial charge in [0.05, 0.1) is 0 Å². The molecule has 0 radical (unpaired) electrons. The van der Waals surface area contributed by atoms with E-state index >= 15 is 0 Å². The molecule has 182 valence electrons. The first-order valence-corrected chi connectivity index (χ1v) is 12.7. The van der Waals surface area contributed by atoms with E-state index in [2.05, 4.69) is 25.1 Å². The van der Waals surface area contributed by atoms with Crippen molar-refractivity contribution < 1.29 is 9.59 Å². The van der Waals surface area contributed by atoms with Crippen LogP contribution in [-0.4, -0.2) is 55.6 Å². The second kappa shape index (κ2) is 10.8. The van der Waals surface area contributed by atoms with Crippen molar-refractivity contribution in [2.24, 2.45) is 5.92 Å². The van der Waals surface area contributed by atoms with Crippen molar-refractivity contribution in [1.82, 2.24) is 30.0 Å². The fraction of sp³-hybridized carbons (Fsp3) is 0.444. The van der Waals surface area contributed by atoms with E-state index in [0.717, 1.165) is 42.9 Å². The smallest absolute Gasteiger partial charge is 0.253 e. The molecule has 0 spiro atoms. The van der Waals surface area contributed by atoms with Crippen LogP contribution in [0.2, 0.25) is 0 Å². The molecule has 35 heavy (non-hydrogen) atoms. The van der Waals surface area contributed by atoms with Gasteiger partial charge in [0.25, 0.3) is 5.91 Å². The maximum Gasteiger partial charge on any atom is 0.253 e. The van der Waals surface area contributed by atoms with Crippen LogP contribution in [0.3, 0.4) is 0 Å². The van der Waals surface area contributed by atoms with E-state index < -0.39 is 0 Å². The standard InChI is InChI=1S/C27H32N6O2/c34-26(29-23-11-4-12-23)20-10-6-16-32(27(35)21-7-2-1-3-8-21)17-14-24-30-31-25(33(24)18-13-20)22-9-5-15-28-19-22/h1-3,5,7-9,15,19-20,23H,4,6,10-14,16-18H2,(H,29,34). The van der Waals surface area contributed by atoms with E-state index in [1.807, 2.05) is 47.4 Å². The third-order valence-electron chi connectivity index (χ3n) is 7.16. The summed E-state index contributed by atoms with van der Waals surface area (Å²) in [7, 11) is 0. The quantitative estimate of drug-likeness (QED) is 0.627. The van der Waals surface area contributed by atoms with Gasteiger partial charge in [0, 0.05) is 61.5 Å². The molecule has 1 N–H and O–H groups in total. The number of carbonyl (C=O) groups excluding carboxylic acids is 2. The summed E-state index contributed by atoms with van der Waals surface area (Å²) < 4.78 is 2.11. The molecule has 1 unspecified atom stereocenters. The van der Waals surface area contributed by atoms with Gasteiger partial charge in [0.1, 0.15) is 5.82 Å². The Morgan fingerprint density at radius 2 is 1.74 bits per heavy atom. The number of hydrogen-bond acceptors (Lipinski definition) is 5. The van der Waals surface area contributed by atoms with Crippen molar-refractivity contribution in [2.45, 2.75) is 57.5 Å². The highest BCUT2D eigenvalue weighted by atomic mass is 16.2. The Hall–Kier alpha value is -3.55. The molecule has 0 bridgehead atoms. The molecular weight excluding hydrogens is 440 g/mol. The molecule has 1 saturated carbocycles. The van der Waals surface area contributed by atoms with Crippen LogP contribution in [0.25, 0.3) is 11.4 Å². The lowest BCUT2D eigenvalue weighted by atomic mass is 9.91. The monoisotopic (exact) mass is 472 g/mol. The highest BCUT2D eigenvalue weighted by Crippen LogP contribution is 2.24. The molecule has 3 aromatic rings. The van der Waals surface area contributed by atoms with E-state index in [4.69, 9.17) is 0 Å². The minimum atomic E-state index is -0.112. The number of rotatable bonds is 4. The highest BCUT2D eigenvalue weighted by Gasteiger charge is 2.27. The van der Waals surface area contributed by atoms with Crippen molar-refractivity contribution >= 4 is 11.8 Å². The van der Waals surface area contributed by atoms with Crippen LogP contribution in [0.15, 0.2) is 54.9 Å². The van der Waals surface area contributed by atoms with E-state index in [1.165, 1.54) is 6.42 Å². The molecule has 2 aliphatic rings. The average molecular weight is 473 g/mol. The number of pyridine rings is 1. The van der Waals surface area contributed by atoms with Gasteiger partial charge in [0.2, 0.25) is 5.91 Å². The summed E-state index contributed by atoms with van der Waals surface area (Å²) in [5.74, 6) is 1.62. The lowest BCUT2D eigenvalue weighted by Crippen LogP contribution is -2.43. The molecule has 1 aromatic carbocycles. The zero-order chi connectivity index (χ0) is 24.0. The Bertz CT molecular complexity index is 1140. The first kappa shape index (κ1) is 23.2. The van der Waals surface area contributed by atoms with E-state index in [0.29, 0.717) is 44.1 Å². The van der Waals surface area contributed by atoms with Gasteiger partial charge in [-0.3, -0.25) is 14.6 Å². The third kappa shape index (κ3) is 5.42. The summed E-state index contributed by atoms with van der Waals surface area (Å²) in [5.41, 5.74) is 1.58. The van der Waals surface area contributed by atoms with Crippen LogP contribution < -0.4 is 5.32 Å². The SMILES string of the molecule is O=C(NC1CCC1)C1CCCN(C(=O)c2ccccc2)CCc2nnc(-c3cccnc3)n2CC1. The fourth-order valence-corrected chi connectivity index (χ4v) is 4.87. The number of nitrogens with zero attached hydrogens (tertiary/aromatic N) is 5. The van der Waals surface area contributed by atoms with Crippen LogP contribution >= 0.6 is 0 Å². The maximum absolute atomic E-state index is 13.3. The minimum absolute atomic E-state index is 0.0128. The molecule has 0 saturated heterocycles. The molecule has 3 heterocycles. The Balaban J connectivity index is 1.42. The second-order valence-electron chi connectivity index (χ2n) is 9.51. The fourth-order valence-electron chi connectivity index (χ4n) is 4.87. The zero-order valence-corrected chi connectivity index (χ0v) is 20.0. The molecule has 1 fully saturated rings. The summed E-state index contributed by atoms with van der Waals surface area (Å²) in [4.78, 5) is 32.6. The Kier molecular flexibility index (Phi) is 7.16. The third-order valence-corrected chi connectivity index (χ3v) is 7.16. The van der Waals surface area contributed by atoms with Crippen molar-refractivity contribution in [3.63, 3.8) is 0 Å². The lowest BCUT2D eigenvalue weighted by Gasteiger charge is -2.29. The second-order valence-corrected chi connectivity index (χ2v) is 9.51. The minimum Gasteiger partial charge on any atom is -0.353 e. The Morgan fingerprint density at radius 3 is 2.49 bits per heavy atom. The molecule has 1 aliphatic heterocycles. The number of carbonyl (C=O) groups is 2. The normalized spacial score (nSPS) is 19.2. The molecule has 1 atom stereocenters. The van der Waals surface area contributed by atoms with Gasteiger partial charge in [-0.05, 0) is 62.8 Å². The van der Waals surface area contributed by atoms with E-state index in [1.54, 1.807) is 12.4 Å². The summed E-state index contributed by atoms with van der Waals surface area (Å²) in [5, 5.41) is 12.2. The van der Waals surface area contributed by atoms with Crippen molar-refractivity contribution in [2.75, 3.05) is 13.1 Å². The van der Waals surface area contributed by atoms with E-state index in [-0.39, 0.29) is 17.7 Å². The summed E-state index contributed by atoms with van der Waals surface area (Å²) >= 11 is 0. The lowest BCUT2D eigenvalue weighted by molar-refractivity contribution is -0.126. The van der Waals surface area contributed by atoms with Gasteiger partial charge < -0.3 is 14.8 Å². The average Bonchev–Trinajstić information content (AvgIpc) is 3.26. The van der Waals surface area contributed by atoms with Gasteiger partial charge in [-0.2, -0.15) is 0 Å². The van der Waals surface area contributed by atoms with Crippen molar-refractivity contribution in [3.05, 3.63) is 66.2 Å². The molecule has 1 aliphatic carbocycles. The zero-order valence-electron chi connectivity index (χ0n) is 20.0. The number of amides is 2. The summed E-state index contributed by atoms with van der Waals surface area (Å²) in [6, 6.07) is 13.6. The van der Waals surface area contributed by atoms with Crippen molar-refractivity contribution in [1.29, 1.82) is 0 Å². The Morgan fingerprint density at radius 1 is 0.886 bits per heavy atom. The van der Waals surface area contributed by atoms with Gasteiger partial charge in [0.15, 0.2) is 5.82 Å². The number of fused-ring (bicyclic) bond motifs is 1. The van der Waals surface area contributed by atoms with Gasteiger partial charge in [-0.25, -0.2) is 0 Å². The number of nitrogens with one attached hydrogen (secondary N) is 1. The topological polar surface area (TPSA) is 93.0 Å². The highest BCUT2D eigenvalue weighted by molar-refractivity contribution is 5.94. The molecular formula is C27H32N6O2. The first-order chi connectivity index (χ1) is 17.2. The molecule has 2 aromatic heterocycles. The van der Waals surface area contributed by atoms with Gasteiger partial charge in [-0.15, -0.1) is 10.2 Å². The Labute approximate surface area is 205 Å².